The minimum absolute atomic E-state index is 0.322. The number of carboxylic acid groups (broad SMARTS) is 1. The highest BCUT2D eigenvalue weighted by Crippen LogP contribution is 2.05. The number of benzene rings is 1. The zero-order valence-corrected chi connectivity index (χ0v) is 9.44. The van der Waals surface area contributed by atoms with Crippen LogP contribution in [0.15, 0.2) is 36.9 Å². The van der Waals surface area contributed by atoms with Crippen LogP contribution in [0.25, 0.3) is 0 Å². The molecule has 0 radical (unpaired) electrons. The third-order valence-corrected chi connectivity index (χ3v) is 2.38. The molecule has 16 heavy (non-hydrogen) atoms. The molecular formula is C13H17NO2. The first kappa shape index (κ1) is 12.5. The number of hydrogen-bond acceptors (Lipinski definition) is 2. The molecule has 0 saturated carbocycles. The Hall–Kier alpha value is -1.61. The molecule has 0 saturated heterocycles. The summed E-state index contributed by atoms with van der Waals surface area (Å²) in [7, 11) is 0. The van der Waals surface area contributed by atoms with E-state index in [0.717, 1.165) is 18.5 Å². The quantitative estimate of drug-likeness (QED) is 0.722. The van der Waals surface area contributed by atoms with Crippen LogP contribution in [0.5, 0.6) is 0 Å². The lowest BCUT2D eigenvalue weighted by Gasteiger charge is -2.11. The lowest BCUT2D eigenvalue weighted by Crippen LogP contribution is -2.24. The molecule has 0 heterocycles. The summed E-state index contributed by atoms with van der Waals surface area (Å²) < 4.78 is 0. The predicted molar refractivity (Wildman–Crippen MR) is 64.5 cm³/mol. The first-order valence-electron chi connectivity index (χ1n) is 5.30. The van der Waals surface area contributed by atoms with Gasteiger partial charge in [-0.3, -0.25) is 0 Å². The highest BCUT2D eigenvalue weighted by Gasteiger charge is 2.02. The van der Waals surface area contributed by atoms with E-state index >= 15 is 0 Å². The number of aromatic carboxylic acids is 1. The Kier molecular flexibility index (Phi) is 4.73. The Morgan fingerprint density at radius 2 is 2.12 bits per heavy atom. The lowest BCUT2D eigenvalue weighted by molar-refractivity contribution is 0.0697. The second kappa shape index (κ2) is 6.08. The molecule has 1 aromatic carbocycles. The molecule has 1 unspecified atom stereocenters. The van der Waals surface area contributed by atoms with E-state index in [-0.39, 0.29) is 0 Å². The molecule has 0 aliphatic heterocycles. The van der Waals surface area contributed by atoms with Gasteiger partial charge in [-0.1, -0.05) is 18.2 Å². The number of rotatable bonds is 6. The van der Waals surface area contributed by atoms with E-state index in [1.807, 2.05) is 18.2 Å². The van der Waals surface area contributed by atoms with Crippen LogP contribution in [0.1, 0.15) is 29.3 Å². The predicted octanol–water partition coefficient (Wildman–Crippen LogP) is 2.44. The van der Waals surface area contributed by atoms with Crippen molar-refractivity contribution in [3.63, 3.8) is 0 Å². The van der Waals surface area contributed by atoms with Gasteiger partial charge in [-0.05, 0) is 31.0 Å². The van der Waals surface area contributed by atoms with E-state index in [9.17, 15) is 4.79 Å². The third kappa shape index (κ3) is 3.87. The van der Waals surface area contributed by atoms with Gasteiger partial charge in [0.25, 0.3) is 0 Å². The Balaban J connectivity index is 2.49. The third-order valence-electron chi connectivity index (χ3n) is 2.38. The van der Waals surface area contributed by atoms with Crippen LogP contribution in [0, 0.1) is 0 Å². The van der Waals surface area contributed by atoms with Crippen LogP contribution in [0.3, 0.4) is 0 Å². The van der Waals surface area contributed by atoms with Crippen molar-refractivity contribution < 1.29 is 9.90 Å². The highest BCUT2D eigenvalue weighted by molar-refractivity contribution is 5.87. The molecule has 0 bridgehead atoms. The van der Waals surface area contributed by atoms with Gasteiger partial charge in [0, 0.05) is 12.6 Å². The molecule has 0 amide bonds. The van der Waals surface area contributed by atoms with E-state index < -0.39 is 5.97 Å². The van der Waals surface area contributed by atoms with Crippen molar-refractivity contribution in [3.8, 4) is 0 Å². The van der Waals surface area contributed by atoms with E-state index in [0.29, 0.717) is 11.6 Å². The fourth-order valence-electron chi connectivity index (χ4n) is 1.39. The summed E-state index contributed by atoms with van der Waals surface area (Å²) in [5.41, 5.74) is 1.41. The topological polar surface area (TPSA) is 49.3 Å². The Morgan fingerprint density at radius 1 is 1.50 bits per heavy atom. The Labute approximate surface area is 95.8 Å². The van der Waals surface area contributed by atoms with Crippen molar-refractivity contribution in [1.29, 1.82) is 0 Å². The lowest BCUT2D eigenvalue weighted by atomic mass is 10.1. The molecule has 0 spiro atoms. The molecule has 0 aromatic heterocycles. The van der Waals surface area contributed by atoms with E-state index in [1.165, 1.54) is 0 Å². The fourth-order valence-corrected chi connectivity index (χ4v) is 1.39. The van der Waals surface area contributed by atoms with Gasteiger partial charge in [-0.15, -0.1) is 6.58 Å². The van der Waals surface area contributed by atoms with Crippen LogP contribution in [0.4, 0.5) is 0 Å². The highest BCUT2D eigenvalue weighted by atomic mass is 16.4. The Bertz CT molecular complexity index is 357. The summed E-state index contributed by atoms with van der Waals surface area (Å²) in [5.74, 6) is -0.889. The fraction of sp³-hybridized carbons (Fsp3) is 0.308. The van der Waals surface area contributed by atoms with Crippen molar-refractivity contribution in [2.24, 2.45) is 0 Å². The Morgan fingerprint density at radius 3 is 2.62 bits per heavy atom. The van der Waals surface area contributed by atoms with Crippen LogP contribution >= 0.6 is 0 Å². The van der Waals surface area contributed by atoms with Crippen molar-refractivity contribution in [3.05, 3.63) is 48.0 Å². The maximum absolute atomic E-state index is 10.6. The van der Waals surface area contributed by atoms with Gasteiger partial charge in [0.1, 0.15) is 0 Å². The van der Waals surface area contributed by atoms with Gasteiger partial charge in [-0.25, -0.2) is 4.79 Å². The molecule has 0 fully saturated rings. The number of carboxylic acids is 1. The monoisotopic (exact) mass is 219 g/mol. The molecule has 0 aliphatic carbocycles. The van der Waals surface area contributed by atoms with Gasteiger partial charge in [0.15, 0.2) is 0 Å². The summed E-state index contributed by atoms with van der Waals surface area (Å²) in [4.78, 5) is 10.6. The first-order chi connectivity index (χ1) is 7.63. The zero-order chi connectivity index (χ0) is 12.0. The van der Waals surface area contributed by atoms with E-state index in [4.69, 9.17) is 5.11 Å². The maximum atomic E-state index is 10.6. The van der Waals surface area contributed by atoms with Crippen LogP contribution < -0.4 is 5.32 Å². The molecular weight excluding hydrogens is 202 g/mol. The van der Waals surface area contributed by atoms with Crippen molar-refractivity contribution >= 4 is 5.97 Å². The van der Waals surface area contributed by atoms with Crippen LogP contribution in [-0.4, -0.2) is 17.1 Å². The SMILES string of the molecule is C=CCC(C)NCc1ccc(C(=O)O)cc1. The van der Waals surface area contributed by atoms with Crippen molar-refractivity contribution in [2.75, 3.05) is 0 Å². The van der Waals surface area contributed by atoms with Crippen molar-refractivity contribution in [2.45, 2.75) is 25.9 Å². The van der Waals surface area contributed by atoms with E-state index in [1.54, 1.807) is 12.1 Å². The molecule has 2 N–H and O–H groups in total. The van der Waals surface area contributed by atoms with Gasteiger partial charge in [-0.2, -0.15) is 0 Å². The summed E-state index contributed by atoms with van der Waals surface area (Å²) in [5, 5.41) is 12.1. The van der Waals surface area contributed by atoms with Gasteiger partial charge < -0.3 is 10.4 Å². The van der Waals surface area contributed by atoms with E-state index in [2.05, 4.69) is 18.8 Å². The largest absolute Gasteiger partial charge is 0.478 e. The number of hydrogen-bond donors (Lipinski definition) is 2. The normalized spacial score (nSPS) is 12.1. The summed E-state index contributed by atoms with van der Waals surface area (Å²) in [6, 6.07) is 7.29. The molecule has 3 nitrogen and oxygen atoms in total. The molecule has 86 valence electrons. The summed E-state index contributed by atoms with van der Waals surface area (Å²) in [6.07, 6.45) is 2.80. The summed E-state index contributed by atoms with van der Waals surface area (Å²) in [6.45, 7) is 6.52. The maximum Gasteiger partial charge on any atom is 0.335 e. The number of carbonyl (C=O) groups is 1. The smallest absolute Gasteiger partial charge is 0.335 e. The second-order valence-corrected chi connectivity index (χ2v) is 3.81. The van der Waals surface area contributed by atoms with Crippen molar-refractivity contribution in [1.82, 2.24) is 5.32 Å². The average Bonchev–Trinajstić information content (AvgIpc) is 2.27. The zero-order valence-electron chi connectivity index (χ0n) is 9.44. The van der Waals surface area contributed by atoms with Crippen LogP contribution in [-0.2, 0) is 6.54 Å². The molecule has 1 rings (SSSR count). The minimum Gasteiger partial charge on any atom is -0.478 e. The average molecular weight is 219 g/mol. The van der Waals surface area contributed by atoms with Gasteiger partial charge in [0.05, 0.1) is 5.56 Å². The standard InChI is InChI=1S/C13H17NO2/c1-3-4-10(2)14-9-11-5-7-12(8-6-11)13(15)16/h3,5-8,10,14H,1,4,9H2,2H3,(H,15,16). The van der Waals surface area contributed by atoms with Crippen LogP contribution in [0.2, 0.25) is 0 Å². The second-order valence-electron chi connectivity index (χ2n) is 3.81. The van der Waals surface area contributed by atoms with Gasteiger partial charge in [0.2, 0.25) is 0 Å². The molecule has 0 aliphatic rings. The van der Waals surface area contributed by atoms with Gasteiger partial charge >= 0.3 is 5.97 Å². The number of nitrogens with one attached hydrogen (secondary N) is 1. The molecule has 3 heteroatoms. The minimum atomic E-state index is -0.889. The first-order valence-corrected chi connectivity index (χ1v) is 5.30. The molecule has 1 atom stereocenters. The summed E-state index contributed by atoms with van der Waals surface area (Å²) >= 11 is 0. The molecule has 1 aromatic rings.